The van der Waals surface area contributed by atoms with Crippen molar-refractivity contribution in [2.24, 2.45) is 18.7 Å². The first-order valence-electron chi connectivity index (χ1n) is 7.01. The molecular formula is C13H24N4O2S. The highest BCUT2D eigenvalue weighted by molar-refractivity contribution is 7.89. The van der Waals surface area contributed by atoms with Crippen LogP contribution in [-0.2, 0) is 17.1 Å². The normalized spacial score (nSPS) is 25.1. The first-order chi connectivity index (χ1) is 9.28. The van der Waals surface area contributed by atoms with Gasteiger partial charge in [0.2, 0.25) is 10.0 Å². The molecule has 0 spiro atoms. The van der Waals surface area contributed by atoms with Crippen LogP contribution in [0.15, 0.2) is 4.90 Å². The second-order valence-corrected chi connectivity index (χ2v) is 7.59. The highest BCUT2D eigenvalue weighted by atomic mass is 32.2. The molecule has 1 aromatic rings. The Morgan fingerprint density at radius 2 is 2.05 bits per heavy atom. The smallest absolute Gasteiger partial charge is 0.247 e. The van der Waals surface area contributed by atoms with Gasteiger partial charge in [-0.2, -0.15) is 9.40 Å². The van der Waals surface area contributed by atoms with E-state index < -0.39 is 10.0 Å². The van der Waals surface area contributed by atoms with Gasteiger partial charge in [0.25, 0.3) is 0 Å². The summed E-state index contributed by atoms with van der Waals surface area (Å²) in [6.45, 7) is 6.58. The van der Waals surface area contributed by atoms with E-state index in [2.05, 4.69) is 12.0 Å². The van der Waals surface area contributed by atoms with Gasteiger partial charge in [0.1, 0.15) is 4.90 Å². The van der Waals surface area contributed by atoms with Crippen LogP contribution in [0.25, 0.3) is 0 Å². The first-order valence-corrected chi connectivity index (χ1v) is 8.45. The minimum Gasteiger partial charge on any atom is -0.329 e. The standard InChI is InChI=1S/C13H24N4O2S/c1-9-5-6-17(12(7-9)8-14)20(18,19)13-10(2)15-16(4)11(13)3/h9,12H,5-8,14H2,1-4H3. The molecule has 1 aliphatic rings. The SMILES string of the molecule is Cc1nn(C)c(C)c1S(=O)(=O)N1CCC(C)CC1CN. The predicted molar refractivity (Wildman–Crippen MR) is 77.8 cm³/mol. The molecule has 0 aromatic carbocycles. The zero-order chi connectivity index (χ0) is 15.1. The zero-order valence-electron chi connectivity index (χ0n) is 12.6. The molecule has 0 radical (unpaired) electrons. The van der Waals surface area contributed by atoms with Crippen molar-refractivity contribution in [2.45, 2.75) is 44.6 Å². The Balaban J connectivity index is 2.44. The molecule has 6 nitrogen and oxygen atoms in total. The number of sulfonamides is 1. The van der Waals surface area contributed by atoms with E-state index in [9.17, 15) is 8.42 Å². The summed E-state index contributed by atoms with van der Waals surface area (Å²) >= 11 is 0. The van der Waals surface area contributed by atoms with Crippen molar-refractivity contribution in [1.29, 1.82) is 0 Å². The van der Waals surface area contributed by atoms with Crippen molar-refractivity contribution in [3.05, 3.63) is 11.4 Å². The summed E-state index contributed by atoms with van der Waals surface area (Å²) in [4.78, 5) is 0.341. The molecule has 114 valence electrons. The van der Waals surface area contributed by atoms with Gasteiger partial charge < -0.3 is 5.73 Å². The summed E-state index contributed by atoms with van der Waals surface area (Å²) in [5.41, 5.74) is 7.02. The fourth-order valence-electron chi connectivity index (χ4n) is 3.01. The highest BCUT2D eigenvalue weighted by Gasteiger charge is 2.37. The maximum atomic E-state index is 12.9. The Bertz CT molecular complexity index is 594. The number of rotatable bonds is 3. The van der Waals surface area contributed by atoms with Crippen LogP contribution in [-0.4, -0.2) is 41.6 Å². The van der Waals surface area contributed by atoms with E-state index in [4.69, 9.17) is 5.73 Å². The molecule has 1 fully saturated rings. The lowest BCUT2D eigenvalue weighted by Crippen LogP contribution is -2.49. The van der Waals surface area contributed by atoms with Gasteiger partial charge >= 0.3 is 0 Å². The molecule has 20 heavy (non-hydrogen) atoms. The molecular weight excluding hydrogens is 276 g/mol. The first kappa shape index (κ1) is 15.5. The number of piperidine rings is 1. The van der Waals surface area contributed by atoms with E-state index in [0.29, 0.717) is 35.3 Å². The molecule has 1 saturated heterocycles. The summed E-state index contributed by atoms with van der Waals surface area (Å²) in [5.74, 6) is 0.520. The van der Waals surface area contributed by atoms with Crippen molar-refractivity contribution in [2.75, 3.05) is 13.1 Å². The molecule has 2 heterocycles. The Hall–Kier alpha value is -0.920. The maximum absolute atomic E-state index is 12.9. The third-order valence-electron chi connectivity index (χ3n) is 4.21. The van der Waals surface area contributed by atoms with Crippen molar-refractivity contribution < 1.29 is 8.42 Å². The highest BCUT2D eigenvalue weighted by Crippen LogP contribution is 2.30. The lowest BCUT2D eigenvalue weighted by molar-refractivity contribution is 0.211. The Labute approximate surface area is 121 Å². The number of hydrogen-bond acceptors (Lipinski definition) is 4. The number of aryl methyl sites for hydroxylation is 2. The average molecular weight is 300 g/mol. The lowest BCUT2D eigenvalue weighted by Gasteiger charge is -2.36. The summed E-state index contributed by atoms with van der Waals surface area (Å²) in [5, 5.41) is 4.22. The van der Waals surface area contributed by atoms with Crippen LogP contribution in [0.3, 0.4) is 0 Å². The van der Waals surface area contributed by atoms with Crippen LogP contribution < -0.4 is 5.73 Å². The van der Waals surface area contributed by atoms with Crippen molar-refractivity contribution in [3.63, 3.8) is 0 Å². The molecule has 0 amide bonds. The third kappa shape index (κ3) is 2.49. The minimum atomic E-state index is -3.52. The van der Waals surface area contributed by atoms with Crippen molar-refractivity contribution in [1.82, 2.24) is 14.1 Å². The second kappa shape index (κ2) is 5.46. The summed E-state index contributed by atoms with van der Waals surface area (Å²) in [7, 11) is -1.75. The second-order valence-electron chi connectivity index (χ2n) is 5.76. The van der Waals surface area contributed by atoms with Crippen molar-refractivity contribution >= 4 is 10.0 Å². The van der Waals surface area contributed by atoms with Crippen LogP contribution in [0.4, 0.5) is 0 Å². The molecule has 1 aromatic heterocycles. The van der Waals surface area contributed by atoms with E-state index in [1.54, 1.807) is 29.9 Å². The zero-order valence-corrected chi connectivity index (χ0v) is 13.4. The van der Waals surface area contributed by atoms with Gasteiger partial charge in [0, 0.05) is 26.2 Å². The molecule has 0 aliphatic carbocycles. The van der Waals surface area contributed by atoms with Gasteiger partial charge in [0.15, 0.2) is 0 Å². The van der Waals surface area contributed by atoms with Crippen LogP contribution in [0.5, 0.6) is 0 Å². The average Bonchev–Trinajstić information content (AvgIpc) is 2.63. The Morgan fingerprint density at radius 1 is 1.40 bits per heavy atom. The van der Waals surface area contributed by atoms with E-state index in [-0.39, 0.29) is 6.04 Å². The summed E-state index contributed by atoms with van der Waals surface area (Å²) < 4.78 is 29.1. The van der Waals surface area contributed by atoms with Gasteiger partial charge in [-0.05, 0) is 32.6 Å². The van der Waals surface area contributed by atoms with Crippen LogP contribution in [0, 0.1) is 19.8 Å². The lowest BCUT2D eigenvalue weighted by atomic mass is 9.94. The quantitative estimate of drug-likeness (QED) is 0.894. The molecule has 0 saturated carbocycles. The van der Waals surface area contributed by atoms with Gasteiger partial charge in [-0.25, -0.2) is 8.42 Å². The van der Waals surface area contributed by atoms with Gasteiger partial charge in [-0.3, -0.25) is 4.68 Å². The molecule has 1 aliphatic heterocycles. The number of nitrogens with two attached hydrogens (primary N) is 1. The molecule has 2 unspecified atom stereocenters. The molecule has 2 N–H and O–H groups in total. The predicted octanol–water partition coefficient (Wildman–Crippen LogP) is 0.785. The van der Waals surface area contributed by atoms with E-state index in [1.165, 1.54) is 0 Å². The van der Waals surface area contributed by atoms with Gasteiger partial charge in [-0.1, -0.05) is 6.92 Å². The third-order valence-corrected chi connectivity index (χ3v) is 6.41. The fraction of sp³-hybridized carbons (Fsp3) is 0.769. The number of nitrogens with zero attached hydrogens (tertiary/aromatic N) is 3. The van der Waals surface area contributed by atoms with E-state index in [0.717, 1.165) is 12.8 Å². The summed E-state index contributed by atoms with van der Waals surface area (Å²) in [6.07, 6.45) is 1.71. The van der Waals surface area contributed by atoms with E-state index >= 15 is 0 Å². The largest absolute Gasteiger partial charge is 0.329 e. The van der Waals surface area contributed by atoms with E-state index in [1.807, 2.05) is 0 Å². The maximum Gasteiger partial charge on any atom is 0.247 e. The topological polar surface area (TPSA) is 81.2 Å². The van der Waals surface area contributed by atoms with Crippen LogP contribution in [0.2, 0.25) is 0 Å². The Morgan fingerprint density at radius 3 is 2.55 bits per heavy atom. The fourth-order valence-corrected chi connectivity index (χ4v) is 5.07. The van der Waals surface area contributed by atoms with Gasteiger partial charge in [0.05, 0.1) is 11.4 Å². The molecule has 2 atom stereocenters. The van der Waals surface area contributed by atoms with Crippen LogP contribution in [0.1, 0.15) is 31.2 Å². The van der Waals surface area contributed by atoms with Crippen LogP contribution >= 0.6 is 0 Å². The molecule has 2 rings (SSSR count). The Kier molecular flexibility index (Phi) is 4.22. The van der Waals surface area contributed by atoms with Gasteiger partial charge in [-0.15, -0.1) is 0 Å². The number of hydrogen-bond donors (Lipinski definition) is 1. The molecule has 0 bridgehead atoms. The molecule has 7 heteroatoms. The number of aromatic nitrogens is 2. The van der Waals surface area contributed by atoms with Crippen molar-refractivity contribution in [3.8, 4) is 0 Å². The monoisotopic (exact) mass is 300 g/mol. The summed E-state index contributed by atoms with van der Waals surface area (Å²) in [6, 6.07) is -0.109. The minimum absolute atomic E-state index is 0.109.